The van der Waals surface area contributed by atoms with Gasteiger partial charge >= 0.3 is 7.55 Å². The van der Waals surface area contributed by atoms with E-state index >= 15 is 0 Å². The Hall–Kier alpha value is -1.06. The van der Waals surface area contributed by atoms with Crippen LogP contribution in [0.5, 0.6) is 0 Å². The maximum atomic E-state index is 9.93. The molecule has 0 aromatic rings. The minimum absolute atomic E-state index is 0.688. The minimum atomic E-state index is 0.688. The third kappa shape index (κ3) is 0.962. The largest absolute Gasteiger partial charge is 0.417 e. The van der Waals surface area contributed by atoms with Crippen LogP contribution >= 0.6 is 0 Å². The van der Waals surface area contributed by atoms with E-state index in [1.165, 1.54) is 12.4 Å². The summed E-state index contributed by atoms with van der Waals surface area (Å²) in [5, 5.41) is 0. The minimum Gasteiger partial charge on any atom is -0.347 e. The summed E-state index contributed by atoms with van der Waals surface area (Å²) in [7, 11) is 1.44. The Morgan fingerprint density at radius 3 is 3.00 bits per heavy atom. The van der Waals surface area contributed by atoms with E-state index in [-0.39, 0.29) is 0 Å². The van der Waals surface area contributed by atoms with Gasteiger partial charge in [0.15, 0.2) is 0 Å². The highest BCUT2D eigenvalue weighted by atomic mass is 16.1. The van der Waals surface area contributed by atoms with E-state index in [0.29, 0.717) is 6.41 Å². The number of carbonyl (C=O) groups excluding carboxylic acids is 1. The zero-order valence-electron chi connectivity index (χ0n) is 4.19. The average Bonchev–Trinajstić information content (AvgIpc) is 1.90. The molecule has 4 heteroatoms. The molecule has 0 saturated heterocycles. The Labute approximate surface area is 48.0 Å². The number of hydrogen-bond donors (Lipinski definition) is 0. The molecule has 0 N–H and O–H groups in total. The Kier molecular flexibility index (Phi) is 1.46. The number of amides is 1. The molecule has 0 bridgehead atoms. The van der Waals surface area contributed by atoms with Crippen LogP contribution in [-0.4, -0.2) is 25.0 Å². The number of carbonyl (C=O) groups is 1. The molecule has 0 aromatic heterocycles. The standard InChI is InChI=1S/C4H4BN2O/c8-4-7-3-1-2-6-5-7/h1-4H. The molecule has 8 heavy (non-hydrogen) atoms. The van der Waals surface area contributed by atoms with Gasteiger partial charge in [0.25, 0.3) is 0 Å². The zero-order valence-corrected chi connectivity index (χ0v) is 4.19. The molecule has 0 atom stereocenters. The number of nitrogens with zero attached hydrogens (tertiary/aromatic N) is 2. The average molecular weight is 107 g/mol. The molecule has 0 aliphatic carbocycles. The number of rotatable bonds is 1. The molecule has 0 aromatic carbocycles. The quantitative estimate of drug-likeness (QED) is 0.330. The Morgan fingerprint density at radius 2 is 2.62 bits per heavy atom. The molecule has 39 valence electrons. The highest BCUT2D eigenvalue weighted by molar-refractivity contribution is 6.36. The van der Waals surface area contributed by atoms with Crippen LogP contribution in [0.4, 0.5) is 0 Å². The second-order valence-corrected chi connectivity index (χ2v) is 1.31. The van der Waals surface area contributed by atoms with Crippen LogP contribution < -0.4 is 0 Å². The van der Waals surface area contributed by atoms with Crippen molar-refractivity contribution < 1.29 is 4.79 Å². The van der Waals surface area contributed by atoms with E-state index in [2.05, 4.69) is 4.90 Å². The second-order valence-electron chi connectivity index (χ2n) is 1.31. The van der Waals surface area contributed by atoms with Gasteiger partial charge in [0.2, 0.25) is 6.41 Å². The molecular formula is C4H4BN2O. The maximum Gasteiger partial charge on any atom is 0.417 e. The maximum absolute atomic E-state index is 9.93. The van der Waals surface area contributed by atoms with Gasteiger partial charge in [0, 0.05) is 6.21 Å². The smallest absolute Gasteiger partial charge is 0.347 e. The molecule has 0 unspecified atom stereocenters. The van der Waals surface area contributed by atoms with Crippen molar-refractivity contribution in [2.75, 3.05) is 0 Å². The Morgan fingerprint density at radius 1 is 1.75 bits per heavy atom. The monoisotopic (exact) mass is 107 g/mol. The molecule has 1 aliphatic rings. The van der Waals surface area contributed by atoms with Gasteiger partial charge in [-0.25, -0.2) is 0 Å². The molecule has 1 rings (SSSR count). The topological polar surface area (TPSA) is 32.7 Å². The van der Waals surface area contributed by atoms with Gasteiger partial charge in [-0.1, -0.05) is 0 Å². The molecule has 1 heterocycles. The Bertz CT molecular complexity index is 143. The predicted octanol–water partition coefficient (Wildman–Crippen LogP) is -0.423. The SMILES string of the molecule is O=CN1[B]N=CC=C1. The fourth-order valence-electron chi connectivity index (χ4n) is 0.404. The fourth-order valence-corrected chi connectivity index (χ4v) is 0.404. The van der Waals surface area contributed by atoms with Crippen molar-refractivity contribution in [1.29, 1.82) is 0 Å². The first-order chi connectivity index (χ1) is 3.93. The summed E-state index contributed by atoms with van der Waals surface area (Å²) in [5.41, 5.74) is 0. The molecule has 1 aliphatic heterocycles. The molecule has 3 nitrogen and oxygen atoms in total. The van der Waals surface area contributed by atoms with Gasteiger partial charge in [-0.15, -0.1) is 0 Å². The zero-order chi connectivity index (χ0) is 5.82. The second kappa shape index (κ2) is 2.30. The van der Waals surface area contributed by atoms with Crippen LogP contribution in [0.1, 0.15) is 0 Å². The first-order valence-electron chi connectivity index (χ1n) is 2.19. The number of allylic oxidation sites excluding steroid dienone is 1. The normalized spacial score (nSPS) is 15.8. The van der Waals surface area contributed by atoms with Crippen molar-refractivity contribution in [3.63, 3.8) is 0 Å². The van der Waals surface area contributed by atoms with Gasteiger partial charge in [-0.05, 0) is 12.3 Å². The predicted molar refractivity (Wildman–Crippen MR) is 31.3 cm³/mol. The first-order valence-corrected chi connectivity index (χ1v) is 2.19. The van der Waals surface area contributed by atoms with Crippen molar-refractivity contribution in [2.24, 2.45) is 4.90 Å². The van der Waals surface area contributed by atoms with E-state index in [1.807, 2.05) is 0 Å². The van der Waals surface area contributed by atoms with Crippen LogP contribution in [0.3, 0.4) is 0 Å². The third-order valence-electron chi connectivity index (χ3n) is 0.752. The summed E-state index contributed by atoms with van der Waals surface area (Å²) in [4.78, 5) is 15.0. The summed E-state index contributed by atoms with van der Waals surface area (Å²) in [5.74, 6) is 0. The van der Waals surface area contributed by atoms with Gasteiger partial charge in [0.1, 0.15) is 0 Å². The van der Waals surface area contributed by atoms with E-state index < -0.39 is 0 Å². The lowest BCUT2D eigenvalue weighted by Gasteiger charge is -2.07. The Balaban J connectivity index is 2.51. The molecular weight excluding hydrogens is 103 g/mol. The molecule has 0 fully saturated rings. The first kappa shape index (κ1) is 5.09. The summed E-state index contributed by atoms with van der Waals surface area (Å²) in [6.07, 6.45) is 5.61. The van der Waals surface area contributed by atoms with Crippen molar-refractivity contribution >= 4 is 20.2 Å². The summed E-state index contributed by atoms with van der Waals surface area (Å²) in [6.45, 7) is 0. The lowest BCUT2D eigenvalue weighted by Crippen LogP contribution is -2.20. The van der Waals surface area contributed by atoms with Gasteiger partial charge in [-0.3, -0.25) is 4.79 Å². The molecule has 1 amide bonds. The molecule has 0 saturated carbocycles. The van der Waals surface area contributed by atoms with Crippen LogP contribution in [-0.2, 0) is 4.79 Å². The van der Waals surface area contributed by atoms with Crippen molar-refractivity contribution in [3.05, 3.63) is 12.3 Å². The highest BCUT2D eigenvalue weighted by Crippen LogP contribution is 1.85. The van der Waals surface area contributed by atoms with Gasteiger partial charge in [0.05, 0.1) is 0 Å². The summed E-state index contributed by atoms with van der Waals surface area (Å²) < 4.78 is 0. The van der Waals surface area contributed by atoms with Crippen LogP contribution in [0, 0.1) is 0 Å². The van der Waals surface area contributed by atoms with Crippen molar-refractivity contribution in [3.8, 4) is 0 Å². The fraction of sp³-hybridized carbons (Fsp3) is 0. The molecule has 1 radical (unpaired) electrons. The third-order valence-corrected chi connectivity index (χ3v) is 0.752. The highest BCUT2D eigenvalue weighted by Gasteiger charge is 1.98. The van der Waals surface area contributed by atoms with Crippen LogP contribution in [0.2, 0.25) is 0 Å². The number of hydrogen-bond acceptors (Lipinski definition) is 2. The van der Waals surface area contributed by atoms with E-state index in [4.69, 9.17) is 0 Å². The van der Waals surface area contributed by atoms with Crippen LogP contribution in [0.15, 0.2) is 17.2 Å². The van der Waals surface area contributed by atoms with Crippen molar-refractivity contribution in [2.45, 2.75) is 0 Å². The van der Waals surface area contributed by atoms with Gasteiger partial charge < -0.3 is 9.71 Å². The lowest BCUT2D eigenvalue weighted by atomic mass is 10.1. The van der Waals surface area contributed by atoms with E-state index in [1.54, 1.807) is 18.5 Å². The van der Waals surface area contributed by atoms with Crippen LogP contribution in [0.25, 0.3) is 0 Å². The van der Waals surface area contributed by atoms with E-state index in [0.717, 1.165) is 0 Å². The van der Waals surface area contributed by atoms with Gasteiger partial charge in [-0.2, -0.15) is 0 Å². The lowest BCUT2D eigenvalue weighted by molar-refractivity contribution is -0.112. The summed E-state index contributed by atoms with van der Waals surface area (Å²) >= 11 is 0. The van der Waals surface area contributed by atoms with E-state index in [9.17, 15) is 4.79 Å². The summed E-state index contributed by atoms with van der Waals surface area (Å²) in [6, 6.07) is 0. The van der Waals surface area contributed by atoms with Crippen molar-refractivity contribution in [1.82, 2.24) is 4.81 Å². The molecule has 0 spiro atoms.